The third-order valence-corrected chi connectivity index (χ3v) is 6.97. The highest BCUT2D eigenvalue weighted by molar-refractivity contribution is 6.13. The van der Waals surface area contributed by atoms with Gasteiger partial charge in [0, 0.05) is 28.5 Å². The zero-order valence-corrected chi connectivity index (χ0v) is 21.0. The number of H-pyrrole nitrogens is 1. The molecule has 0 saturated carbocycles. The van der Waals surface area contributed by atoms with Crippen molar-refractivity contribution in [2.24, 2.45) is 5.10 Å². The minimum atomic E-state index is -0.618. The van der Waals surface area contributed by atoms with E-state index in [-0.39, 0.29) is 17.5 Å². The third-order valence-electron chi connectivity index (χ3n) is 6.97. The molecule has 6 rings (SSSR count). The number of rotatable bonds is 4. The molecule has 7 heteroatoms. The van der Waals surface area contributed by atoms with Crippen molar-refractivity contribution in [3.8, 4) is 11.1 Å². The fourth-order valence-electron chi connectivity index (χ4n) is 5.13. The first-order chi connectivity index (χ1) is 18.9. The maximum Gasteiger partial charge on any atom is 0.274 e. The van der Waals surface area contributed by atoms with Crippen molar-refractivity contribution in [3.05, 3.63) is 141 Å². The predicted molar refractivity (Wildman–Crippen MR) is 148 cm³/mol. The lowest BCUT2D eigenvalue weighted by Gasteiger charge is -2.22. The number of hydrogen-bond acceptors (Lipinski definition) is 3. The summed E-state index contributed by atoms with van der Waals surface area (Å²) in [4.78, 5) is 30.2. The Morgan fingerprint density at radius 3 is 2.38 bits per heavy atom. The van der Waals surface area contributed by atoms with Crippen molar-refractivity contribution in [1.82, 2.24) is 9.99 Å². The fourth-order valence-corrected chi connectivity index (χ4v) is 5.13. The van der Waals surface area contributed by atoms with Gasteiger partial charge in [-0.25, -0.2) is 13.8 Å². The van der Waals surface area contributed by atoms with Gasteiger partial charge in [-0.2, -0.15) is 5.10 Å². The molecule has 0 saturated heterocycles. The summed E-state index contributed by atoms with van der Waals surface area (Å²) in [5.74, 6) is -1.47. The molecule has 1 aromatic heterocycles. The van der Waals surface area contributed by atoms with Gasteiger partial charge in [0.25, 0.3) is 11.5 Å². The number of hydrazone groups is 1. The van der Waals surface area contributed by atoms with Gasteiger partial charge in [-0.3, -0.25) is 9.59 Å². The molecule has 0 radical (unpaired) electrons. The predicted octanol–water partition coefficient (Wildman–Crippen LogP) is 6.77. The first kappa shape index (κ1) is 24.4. The smallest absolute Gasteiger partial charge is 0.274 e. The van der Waals surface area contributed by atoms with Gasteiger partial charge in [-0.05, 0) is 60.5 Å². The molecule has 1 aliphatic rings. The molecule has 39 heavy (non-hydrogen) atoms. The maximum atomic E-state index is 14.0. The van der Waals surface area contributed by atoms with Crippen LogP contribution in [-0.4, -0.2) is 21.6 Å². The number of halogens is 2. The number of nitrogens with zero attached hydrogens (tertiary/aromatic N) is 2. The van der Waals surface area contributed by atoms with Crippen LogP contribution in [0.5, 0.6) is 0 Å². The number of aromatic nitrogens is 1. The highest BCUT2D eigenvalue weighted by Gasteiger charge is 2.36. The second-order valence-electron chi connectivity index (χ2n) is 9.60. The largest absolute Gasteiger partial charge is 0.321 e. The van der Waals surface area contributed by atoms with Crippen LogP contribution < -0.4 is 5.56 Å². The normalized spacial score (nSPS) is 15.0. The van der Waals surface area contributed by atoms with Crippen LogP contribution in [0.3, 0.4) is 0 Å². The van der Waals surface area contributed by atoms with E-state index in [1.54, 1.807) is 12.1 Å². The molecule has 4 aromatic carbocycles. The van der Waals surface area contributed by atoms with Gasteiger partial charge in [0.1, 0.15) is 11.6 Å². The van der Waals surface area contributed by atoms with Crippen LogP contribution >= 0.6 is 0 Å². The molecule has 0 fully saturated rings. The zero-order valence-electron chi connectivity index (χ0n) is 21.0. The standard InChI is InChI=1S/C32H23F2N3O2/c1-19-10-15-26-25(16-19)29(21-6-3-2-4-7-21)30(31(38)35-26)27-18-28(20-11-13-23(33)14-12-20)37(36-27)32(39)22-8-5-9-24(34)17-22/h2-17,28H,18H2,1H3,(H,35,38). The van der Waals surface area contributed by atoms with Gasteiger partial charge >= 0.3 is 0 Å². The van der Waals surface area contributed by atoms with Gasteiger partial charge < -0.3 is 4.98 Å². The molecule has 1 unspecified atom stereocenters. The zero-order chi connectivity index (χ0) is 27.1. The minimum Gasteiger partial charge on any atom is -0.321 e. The Balaban J connectivity index is 1.57. The van der Waals surface area contributed by atoms with Gasteiger partial charge in [0.15, 0.2) is 0 Å². The molecule has 1 atom stereocenters. The van der Waals surface area contributed by atoms with E-state index in [1.807, 2.05) is 55.5 Å². The number of carbonyl (C=O) groups is 1. The summed E-state index contributed by atoms with van der Waals surface area (Å²) in [6.07, 6.45) is 0.215. The van der Waals surface area contributed by atoms with Crippen LogP contribution in [0.1, 0.15) is 39.5 Å². The number of benzene rings is 4. The summed E-state index contributed by atoms with van der Waals surface area (Å²) >= 11 is 0. The lowest BCUT2D eigenvalue weighted by molar-refractivity contribution is 0.0710. The van der Waals surface area contributed by atoms with Gasteiger partial charge in [-0.1, -0.05) is 60.2 Å². The Hall–Kier alpha value is -4.91. The van der Waals surface area contributed by atoms with E-state index in [2.05, 4.69) is 10.1 Å². The summed E-state index contributed by atoms with van der Waals surface area (Å²) in [5.41, 5.74) is 4.49. The van der Waals surface area contributed by atoms with Gasteiger partial charge in [-0.15, -0.1) is 0 Å². The first-order valence-electron chi connectivity index (χ1n) is 12.5. The monoisotopic (exact) mass is 519 g/mol. The SMILES string of the molecule is Cc1ccc2[nH]c(=O)c(C3=NN(C(=O)c4cccc(F)c4)C(c4ccc(F)cc4)C3)c(-c3ccccc3)c2c1. The minimum absolute atomic E-state index is 0.124. The quantitative estimate of drug-likeness (QED) is 0.285. The van der Waals surface area contributed by atoms with E-state index in [0.717, 1.165) is 28.1 Å². The summed E-state index contributed by atoms with van der Waals surface area (Å²) in [7, 11) is 0. The highest BCUT2D eigenvalue weighted by Crippen LogP contribution is 2.37. The number of nitrogens with one attached hydrogen (secondary N) is 1. The number of carbonyl (C=O) groups excluding carboxylic acids is 1. The Kier molecular flexibility index (Phi) is 6.11. The van der Waals surface area contributed by atoms with E-state index < -0.39 is 23.6 Å². The van der Waals surface area contributed by atoms with Crippen molar-refractivity contribution in [1.29, 1.82) is 0 Å². The van der Waals surface area contributed by atoms with Crippen molar-refractivity contribution >= 4 is 22.5 Å². The molecule has 1 aliphatic heterocycles. The highest BCUT2D eigenvalue weighted by atomic mass is 19.1. The number of aromatic amines is 1. The van der Waals surface area contributed by atoms with E-state index in [4.69, 9.17) is 0 Å². The Bertz CT molecular complexity index is 1810. The second kappa shape index (κ2) is 9.76. The van der Waals surface area contributed by atoms with Crippen molar-refractivity contribution in [3.63, 3.8) is 0 Å². The van der Waals surface area contributed by atoms with Crippen LogP contribution in [-0.2, 0) is 0 Å². The molecule has 5 aromatic rings. The topological polar surface area (TPSA) is 65.5 Å². The number of fused-ring (bicyclic) bond motifs is 1. The maximum absolute atomic E-state index is 14.0. The lowest BCUT2D eigenvalue weighted by atomic mass is 9.90. The summed E-state index contributed by atoms with van der Waals surface area (Å²) in [6.45, 7) is 1.98. The Morgan fingerprint density at radius 1 is 0.872 bits per heavy atom. The van der Waals surface area contributed by atoms with Crippen molar-refractivity contribution in [2.45, 2.75) is 19.4 Å². The van der Waals surface area contributed by atoms with Gasteiger partial charge in [0.2, 0.25) is 0 Å². The fraction of sp³-hybridized carbons (Fsp3) is 0.0938. The third kappa shape index (κ3) is 4.52. The van der Waals surface area contributed by atoms with Crippen LogP contribution in [0.2, 0.25) is 0 Å². The van der Waals surface area contributed by atoms with E-state index in [0.29, 0.717) is 22.4 Å². The van der Waals surface area contributed by atoms with Crippen LogP contribution in [0, 0.1) is 18.6 Å². The number of aryl methyl sites for hydroxylation is 1. The van der Waals surface area contributed by atoms with Crippen LogP contribution in [0.15, 0.2) is 107 Å². The van der Waals surface area contributed by atoms with Crippen molar-refractivity contribution in [2.75, 3.05) is 0 Å². The van der Waals surface area contributed by atoms with E-state index in [9.17, 15) is 18.4 Å². The number of amides is 1. The van der Waals surface area contributed by atoms with Gasteiger partial charge in [0.05, 0.1) is 17.3 Å². The number of hydrogen-bond donors (Lipinski definition) is 1. The lowest BCUT2D eigenvalue weighted by Crippen LogP contribution is -2.27. The second-order valence-corrected chi connectivity index (χ2v) is 9.60. The van der Waals surface area contributed by atoms with Crippen LogP contribution in [0.25, 0.3) is 22.0 Å². The number of pyridine rings is 1. The summed E-state index contributed by atoms with van der Waals surface area (Å²) < 4.78 is 27.8. The molecule has 0 bridgehead atoms. The average Bonchev–Trinajstić information content (AvgIpc) is 3.38. The summed E-state index contributed by atoms with van der Waals surface area (Å²) in [5, 5.41) is 6.81. The Morgan fingerprint density at radius 2 is 1.64 bits per heavy atom. The molecular weight excluding hydrogens is 496 g/mol. The first-order valence-corrected chi connectivity index (χ1v) is 12.5. The molecule has 1 amide bonds. The van der Waals surface area contributed by atoms with Crippen LogP contribution in [0.4, 0.5) is 8.78 Å². The molecule has 5 nitrogen and oxygen atoms in total. The molecule has 0 aliphatic carbocycles. The average molecular weight is 520 g/mol. The molecule has 1 N–H and O–H groups in total. The molecule has 192 valence electrons. The van der Waals surface area contributed by atoms with Crippen molar-refractivity contribution < 1.29 is 13.6 Å². The summed E-state index contributed by atoms with van der Waals surface area (Å²) in [6, 6.07) is 26.0. The van der Waals surface area contributed by atoms with E-state index >= 15 is 0 Å². The van der Waals surface area contributed by atoms with E-state index in [1.165, 1.54) is 35.3 Å². The molecule has 0 spiro atoms. The Labute approximate surface area is 223 Å². The molecule has 2 heterocycles. The molecular formula is C32H23F2N3O2.